The minimum absolute atomic E-state index is 0.163. The molecular formula is C17H13ClN2OS2. The zero-order valence-electron chi connectivity index (χ0n) is 12.0. The summed E-state index contributed by atoms with van der Waals surface area (Å²) in [6, 6.07) is 9.31. The van der Waals surface area contributed by atoms with Crippen LogP contribution in [0, 0.1) is 0 Å². The van der Waals surface area contributed by atoms with Gasteiger partial charge in [0, 0.05) is 16.5 Å². The second-order valence-electron chi connectivity index (χ2n) is 4.80. The van der Waals surface area contributed by atoms with E-state index < -0.39 is 0 Å². The second-order valence-corrected chi connectivity index (χ2v) is 6.73. The van der Waals surface area contributed by atoms with E-state index in [-0.39, 0.29) is 11.9 Å². The molecule has 0 saturated heterocycles. The molecule has 2 heterocycles. The first kappa shape index (κ1) is 15.9. The van der Waals surface area contributed by atoms with Crippen molar-refractivity contribution in [2.45, 2.75) is 6.04 Å². The summed E-state index contributed by atoms with van der Waals surface area (Å²) in [5.41, 5.74) is 4.55. The summed E-state index contributed by atoms with van der Waals surface area (Å²) in [6.07, 6.45) is 3.21. The van der Waals surface area contributed by atoms with Crippen molar-refractivity contribution in [3.8, 4) is 0 Å². The number of carbonyl (C=O) groups excluding carboxylic acids is 1. The predicted octanol–water partition coefficient (Wildman–Crippen LogP) is 4.78. The monoisotopic (exact) mass is 360 g/mol. The maximum atomic E-state index is 12.2. The Morgan fingerprint density at radius 2 is 1.96 bits per heavy atom. The van der Waals surface area contributed by atoms with Crippen LogP contribution >= 0.6 is 34.3 Å². The van der Waals surface area contributed by atoms with Crippen molar-refractivity contribution >= 4 is 46.3 Å². The Morgan fingerprint density at radius 3 is 2.61 bits per heavy atom. The molecule has 0 fully saturated rings. The van der Waals surface area contributed by atoms with Crippen LogP contribution in [0.4, 0.5) is 0 Å². The fraction of sp³-hybridized carbons (Fsp3) is 0.0588. The number of rotatable bonds is 5. The van der Waals surface area contributed by atoms with E-state index in [0.717, 1.165) is 16.8 Å². The minimum atomic E-state index is -0.203. The lowest BCUT2D eigenvalue weighted by molar-refractivity contribution is -0.116. The van der Waals surface area contributed by atoms with Crippen LogP contribution in [0.1, 0.15) is 22.9 Å². The third-order valence-corrected chi connectivity index (χ3v) is 4.78. The lowest BCUT2D eigenvalue weighted by Crippen LogP contribution is -2.27. The average molecular weight is 361 g/mol. The molecule has 0 aliphatic rings. The van der Waals surface area contributed by atoms with Gasteiger partial charge in [0.1, 0.15) is 0 Å². The van der Waals surface area contributed by atoms with Crippen LogP contribution in [0.3, 0.4) is 0 Å². The first-order chi connectivity index (χ1) is 11.2. The van der Waals surface area contributed by atoms with Crippen molar-refractivity contribution in [1.82, 2.24) is 10.3 Å². The van der Waals surface area contributed by atoms with Gasteiger partial charge < -0.3 is 5.32 Å². The van der Waals surface area contributed by atoms with Gasteiger partial charge in [0.15, 0.2) is 0 Å². The highest BCUT2D eigenvalue weighted by atomic mass is 35.5. The van der Waals surface area contributed by atoms with E-state index in [9.17, 15) is 4.79 Å². The maximum absolute atomic E-state index is 12.2. The van der Waals surface area contributed by atoms with E-state index in [1.54, 1.807) is 22.9 Å². The van der Waals surface area contributed by atoms with Crippen LogP contribution in [0.5, 0.6) is 0 Å². The van der Waals surface area contributed by atoms with Crippen molar-refractivity contribution in [1.29, 1.82) is 0 Å². The van der Waals surface area contributed by atoms with Crippen LogP contribution < -0.4 is 5.32 Å². The highest BCUT2D eigenvalue weighted by molar-refractivity contribution is 7.08. The molecule has 0 saturated carbocycles. The number of hydrogen-bond donors (Lipinski definition) is 1. The van der Waals surface area contributed by atoms with Gasteiger partial charge in [-0.25, -0.2) is 4.98 Å². The van der Waals surface area contributed by atoms with Gasteiger partial charge in [-0.05, 0) is 46.2 Å². The normalized spacial score (nSPS) is 12.4. The Labute approximate surface area is 147 Å². The summed E-state index contributed by atoms with van der Waals surface area (Å²) >= 11 is 9.05. The molecule has 0 aliphatic carbocycles. The first-order valence-corrected chi connectivity index (χ1v) is 9.13. The molecule has 1 atom stereocenters. The van der Waals surface area contributed by atoms with Crippen LogP contribution in [-0.4, -0.2) is 10.9 Å². The van der Waals surface area contributed by atoms with Gasteiger partial charge in [-0.3, -0.25) is 4.79 Å². The van der Waals surface area contributed by atoms with E-state index in [1.807, 2.05) is 46.5 Å². The smallest absolute Gasteiger partial charge is 0.244 e. The third kappa shape index (κ3) is 4.28. The molecule has 3 rings (SSSR count). The largest absolute Gasteiger partial charge is 0.342 e. The number of thiazole rings is 1. The van der Waals surface area contributed by atoms with Crippen molar-refractivity contribution in [3.63, 3.8) is 0 Å². The molecular weight excluding hydrogens is 348 g/mol. The Morgan fingerprint density at radius 1 is 1.13 bits per heavy atom. The highest BCUT2D eigenvalue weighted by Gasteiger charge is 2.16. The predicted molar refractivity (Wildman–Crippen MR) is 96.9 cm³/mol. The van der Waals surface area contributed by atoms with Crippen molar-refractivity contribution in [3.05, 3.63) is 79.9 Å². The number of halogens is 1. The molecule has 1 aromatic carbocycles. The van der Waals surface area contributed by atoms with Crippen molar-refractivity contribution < 1.29 is 4.79 Å². The van der Waals surface area contributed by atoms with Crippen molar-refractivity contribution in [2.75, 3.05) is 0 Å². The van der Waals surface area contributed by atoms with Crippen molar-refractivity contribution in [2.24, 2.45) is 0 Å². The summed E-state index contributed by atoms with van der Waals surface area (Å²) in [4.78, 5) is 16.4. The second kappa shape index (κ2) is 7.55. The molecule has 0 radical (unpaired) electrons. The molecule has 0 bridgehead atoms. The van der Waals surface area contributed by atoms with Gasteiger partial charge in [-0.1, -0.05) is 23.7 Å². The molecule has 0 unspecified atom stereocenters. The molecule has 3 nitrogen and oxygen atoms in total. The van der Waals surface area contributed by atoms with Gasteiger partial charge in [0.25, 0.3) is 0 Å². The number of aromatic nitrogens is 1. The fourth-order valence-corrected chi connectivity index (χ4v) is 3.44. The Hall–Kier alpha value is -1.95. The van der Waals surface area contributed by atoms with E-state index >= 15 is 0 Å². The van der Waals surface area contributed by atoms with Crippen LogP contribution in [0.2, 0.25) is 5.02 Å². The molecule has 116 valence electrons. The van der Waals surface area contributed by atoms with Gasteiger partial charge in [0.05, 0.1) is 17.2 Å². The number of nitrogens with one attached hydrogen (secondary N) is 1. The number of hydrogen-bond acceptors (Lipinski definition) is 4. The number of benzene rings is 1. The Bertz CT molecular complexity index is 781. The number of amides is 1. The van der Waals surface area contributed by atoms with E-state index in [0.29, 0.717) is 5.02 Å². The van der Waals surface area contributed by atoms with Gasteiger partial charge >= 0.3 is 0 Å². The zero-order chi connectivity index (χ0) is 16.1. The van der Waals surface area contributed by atoms with E-state index in [1.165, 1.54) is 17.4 Å². The molecule has 0 aliphatic heterocycles. The molecule has 1 N–H and O–H groups in total. The quantitative estimate of drug-likeness (QED) is 0.665. The lowest BCUT2D eigenvalue weighted by Gasteiger charge is -2.17. The summed E-state index contributed by atoms with van der Waals surface area (Å²) in [5.74, 6) is -0.163. The number of nitrogens with zero attached hydrogens (tertiary/aromatic N) is 1. The SMILES string of the molecule is O=C(/C=C\c1cscn1)N[C@@H](c1ccc(Cl)cc1)c1ccsc1. The van der Waals surface area contributed by atoms with Gasteiger partial charge in [0.2, 0.25) is 5.91 Å². The lowest BCUT2D eigenvalue weighted by atomic mass is 10.0. The first-order valence-electron chi connectivity index (χ1n) is 6.87. The topological polar surface area (TPSA) is 42.0 Å². The molecule has 3 aromatic rings. The zero-order valence-corrected chi connectivity index (χ0v) is 14.4. The van der Waals surface area contributed by atoms with Gasteiger partial charge in [-0.15, -0.1) is 11.3 Å². The summed E-state index contributed by atoms with van der Waals surface area (Å²) in [5, 5.41) is 9.62. The third-order valence-electron chi connectivity index (χ3n) is 3.22. The Kier molecular flexibility index (Phi) is 5.23. The van der Waals surface area contributed by atoms with Crippen LogP contribution in [0.15, 0.2) is 58.1 Å². The molecule has 1 amide bonds. The standard InChI is InChI=1S/C17H13ClN2OS2/c18-14-3-1-12(2-4-14)17(13-7-8-22-9-13)20-16(21)6-5-15-10-23-11-19-15/h1-11,17H,(H,20,21)/b6-5-/t17-/m0/s1. The highest BCUT2D eigenvalue weighted by Crippen LogP contribution is 2.25. The average Bonchev–Trinajstić information content (AvgIpc) is 3.25. The van der Waals surface area contributed by atoms with Crippen LogP contribution in [0.25, 0.3) is 6.08 Å². The summed E-state index contributed by atoms with van der Waals surface area (Å²) in [7, 11) is 0. The summed E-state index contributed by atoms with van der Waals surface area (Å²) in [6.45, 7) is 0. The molecule has 0 spiro atoms. The Balaban J connectivity index is 1.79. The molecule has 23 heavy (non-hydrogen) atoms. The molecule has 2 aromatic heterocycles. The summed E-state index contributed by atoms with van der Waals surface area (Å²) < 4.78 is 0. The van der Waals surface area contributed by atoms with Crippen LogP contribution in [-0.2, 0) is 4.79 Å². The maximum Gasteiger partial charge on any atom is 0.244 e. The van der Waals surface area contributed by atoms with Gasteiger partial charge in [-0.2, -0.15) is 11.3 Å². The van der Waals surface area contributed by atoms with E-state index in [2.05, 4.69) is 10.3 Å². The molecule has 6 heteroatoms. The number of carbonyl (C=O) groups is 1. The minimum Gasteiger partial charge on any atom is -0.342 e. The fourth-order valence-electron chi connectivity index (χ4n) is 2.11. The number of thiophene rings is 1. The van der Waals surface area contributed by atoms with E-state index in [4.69, 9.17) is 11.6 Å².